The Bertz CT molecular complexity index is 401. The molecule has 19 heavy (non-hydrogen) atoms. The molecule has 0 aliphatic rings. The van der Waals surface area contributed by atoms with Gasteiger partial charge >= 0.3 is 5.97 Å². The molecule has 0 bridgehead atoms. The van der Waals surface area contributed by atoms with Crippen LogP contribution < -0.4 is 0 Å². The topological polar surface area (TPSA) is 40.5 Å². The smallest absolute Gasteiger partial charge is 0.303 e. The highest BCUT2D eigenvalue weighted by Gasteiger charge is 2.12. The molecule has 1 N–H and O–H groups in total. The van der Waals surface area contributed by atoms with Gasteiger partial charge in [0, 0.05) is 19.0 Å². The summed E-state index contributed by atoms with van der Waals surface area (Å²) in [4.78, 5) is 12.9. The molecular formula is C16H25NO2. The lowest BCUT2D eigenvalue weighted by atomic mass is 10.0. The normalized spacial score (nSPS) is 11.2. The third-order valence-electron chi connectivity index (χ3n) is 3.44. The van der Waals surface area contributed by atoms with E-state index in [2.05, 4.69) is 49.9 Å². The third-order valence-corrected chi connectivity index (χ3v) is 3.44. The number of aliphatic carboxylic acids is 1. The van der Waals surface area contributed by atoms with E-state index in [9.17, 15) is 4.79 Å². The Labute approximate surface area is 116 Å². The van der Waals surface area contributed by atoms with Crippen molar-refractivity contribution >= 4 is 5.97 Å². The van der Waals surface area contributed by atoms with Crippen LogP contribution in [0.1, 0.15) is 44.7 Å². The van der Waals surface area contributed by atoms with Gasteiger partial charge in [0.15, 0.2) is 0 Å². The molecule has 0 aliphatic heterocycles. The molecule has 0 saturated carbocycles. The van der Waals surface area contributed by atoms with Gasteiger partial charge in [0.2, 0.25) is 0 Å². The first-order chi connectivity index (χ1) is 9.04. The van der Waals surface area contributed by atoms with Gasteiger partial charge in [-0.2, -0.15) is 0 Å². The molecular weight excluding hydrogens is 238 g/mol. The second kappa shape index (κ2) is 7.95. The molecule has 0 unspecified atom stereocenters. The molecule has 0 heterocycles. The number of hydrogen-bond donors (Lipinski definition) is 1. The van der Waals surface area contributed by atoms with Crippen LogP contribution in [0.3, 0.4) is 0 Å². The number of benzene rings is 1. The Hall–Kier alpha value is -1.35. The van der Waals surface area contributed by atoms with E-state index in [1.807, 2.05) is 0 Å². The Morgan fingerprint density at radius 2 is 1.89 bits per heavy atom. The van der Waals surface area contributed by atoms with E-state index in [0.717, 1.165) is 19.5 Å². The van der Waals surface area contributed by atoms with E-state index in [0.29, 0.717) is 12.5 Å². The van der Waals surface area contributed by atoms with Crippen molar-refractivity contribution in [3.8, 4) is 0 Å². The molecule has 0 saturated heterocycles. The first kappa shape index (κ1) is 15.7. The molecule has 0 atom stereocenters. The maximum atomic E-state index is 10.6. The number of nitrogens with zero attached hydrogens (tertiary/aromatic N) is 1. The summed E-state index contributed by atoms with van der Waals surface area (Å²) in [5.74, 6) is -0.710. The molecule has 1 aromatic rings. The average Bonchev–Trinajstić information content (AvgIpc) is 2.37. The zero-order chi connectivity index (χ0) is 14.3. The summed E-state index contributed by atoms with van der Waals surface area (Å²) in [6.07, 6.45) is 2.00. The van der Waals surface area contributed by atoms with Crippen LogP contribution in [0.2, 0.25) is 0 Å². The Balaban J connectivity index is 2.64. The van der Waals surface area contributed by atoms with Gasteiger partial charge in [0.25, 0.3) is 0 Å². The fraction of sp³-hybridized carbons (Fsp3) is 0.562. The summed E-state index contributed by atoms with van der Waals surface area (Å²) in [5.41, 5.74) is 2.74. The van der Waals surface area contributed by atoms with Crippen LogP contribution in [-0.2, 0) is 17.8 Å². The van der Waals surface area contributed by atoms with Gasteiger partial charge in [-0.25, -0.2) is 0 Å². The third kappa shape index (κ3) is 5.43. The highest BCUT2D eigenvalue weighted by molar-refractivity contribution is 5.66. The van der Waals surface area contributed by atoms with Crippen molar-refractivity contribution in [2.45, 2.75) is 52.6 Å². The molecule has 0 fully saturated rings. The van der Waals surface area contributed by atoms with Crippen molar-refractivity contribution in [2.75, 3.05) is 6.54 Å². The van der Waals surface area contributed by atoms with E-state index in [4.69, 9.17) is 5.11 Å². The van der Waals surface area contributed by atoms with Crippen LogP contribution in [-0.4, -0.2) is 28.6 Å². The van der Waals surface area contributed by atoms with Crippen molar-refractivity contribution in [2.24, 2.45) is 0 Å². The summed E-state index contributed by atoms with van der Waals surface area (Å²) in [7, 11) is 0. The molecule has 0 aliphatic carbocycles. The van der Waals surface area contributed by atoms with E-state index < -0.39 is 5.97 Å². The number of hydrogen-bond acceptors (Lipinski definition) is 2. The number of rotatable bonds is 8. The molecule has 0 radical (unpaired) electrons. The van der Waals surface area contributed by atoms with Crippen molar-refractivity contribution in [3.63, 3.8) is 0 Å². The molecule has 1 aromatic carbocycles. The lowest BCUT2D eigenvalue weighted by molar-refractivity contribution is -0.137. The van der Waals surface area contributed by atoms with Crippen LogP contribution in [0.25, 0.3) is 0 Å². The average molecular weight is 263 g/mol. The van der Waals surface area contributed by atoms with Crippen LogP contribution in [0, 0.1) is 0 Å². The maximum absolute atomic E-state index is 10.6. The molecule has 0 aromatic heterocycles. The highest BCUT2D eigenvalue weighted by Crippen LogP contribution is 2.14. The fourth-order valence-electron chi connectivity index (χ4n) is 2.23. The lowest BCUT2D eigenvalue weighted by Crippen LogP contribution is -2.32. The molecule has 0 spiro atoms. The maximum Gasteiger partial charge on any atom is 0.303 e. The number of carboxylic acids is 1. The summed E-state index contributed by atoms with van der Waals surface area (Å²) >= 11 is 0. The molecule has 1 rings (SSSR count). The minimum Gasteiger partial charge on any atom is -0.481 e. The van der Waals surface area contributed by atoms with E-state index in [1.54, 1.807) is 0 Å². The van der Waals surface area contributed by atoms with Crippen molar-refractivity contribution in [1.29, 1.82) is 0 Å². The van der Waals surface area contributed by atoms with E-state index in [1.165, 1.54) is 11.1 Å². The minimum absolute atomic E-state index is 0.249. The minimum atomic E-state index is -0.710. The van der Waals surface area contributed by atoms with Gasteiger partial charge in [-0.05, 0) is 44.4 Å². The highest BCUT2D eigenvalue weighted by atomic mass is 16.4. The van der Waals surface area contributed by atoms with E-state index in [-0.39, 0.29) is 6.42 Å². The summed E-state index contributed by atoms with van der Waals surface area (Å²) in [6, 6.07) is 8.92. The van der Waals surface area contributed by atoms with Crippen molar-refractivity contribution < 1.29 is 9.90 Å². The van der Waals surface area contributed by atoms with Crippen molar-refractivity contribution in [3.05, 3.63) is 35.4 Å². The van der Waals surface area contributed by atoms with Gasteiger partial charge in [0.05, 0.1) is 0 Å². The van der Waals surface area contributed by atoms with Crippen LogP contribution >= 0.6 is 0 Å². The summed E-state index contributed by atoms with van der Waals surface area (Å²) < 4.78 is 0. The molecule has 3 nitrogen and oxygen atoms in total. The predicted octanol–water partition coefficient (Wildman–Crippen LogP) is 3.32. The van der Waals surface area contributed by atoms with E-state index >= 15 is 0 Å². The van der Waals surface area contributed by atoms with Gasteiger partial charge < -0.3 is 5.11 Å². The second-order valence-corrected chi connectivity index (χ2v) is 5.18. The number of aryl methyl sites for hydroxylation is 1. The first-order valence-corrected chi connectivity index (χ1v) is 7.07. The Kier molecular flexibility index (Phi) is 6.57. The van der Waals surface area contributed by atoms with Gasteiger partial charge in [-0.1, -0.05) is 31.2 Å². The predicted molar refractivity (Wildman–Crippen MR) is 78.2 cm³/mol. The zero-order valence-electron chi connectivity index (χ0n) is 12.2. The van der Waals surface area contributed by atoms with Crippen LogP contribution in [0.15, 0.2) is 24.3 Å². The fourth-order valence-corrected chi connectivity index (χ4v) is 2.23. The molecule has 0 amide bonds. The summed E-state index contributed by atoms with van der Waals surface area (Å²) in [5, 5.41) is 8.72. The number of carbonyl (C=O) groups is 1. The molecule has 106 valence electrons. The monoisotopic (exact) mass is 263 g/mol. The Morgan fingerprint density at radius 3 is 2.42 bits per heavy atom. The Morgan fingerprint density at radius 1 is 1.26 bits per heavy atom. The van der Waals surface area contributed by atoms with Gasteiger partial charge in [-0.15, -0.1) is 0 Å². The van der Waals surface area contributed by atoms with Gasteiger partial charge in [-0.3, -0.25) is 9.69 Å². The summed E-state index contributed by atoms with van der Waals surface area (Å²) in [6.45, 7) is 8.23. The van der Waals surface area contributed by atoms with Crippen LogP contribution in [0.5, 0.6) is 0 Å². The van der Waals surface area contributed by atoms with Gasteiger partial charge in [0.1, 0.15) is 0 Å². The standard InChI is InChI=1S/C16H25NO2/c1-4-14-8-5-6-9-15(14)12-17(13(2)3)11-7-10-16(18)19/h5-6,8-9,13H,4,7,10-12H2,1-3H3,(H,18,19). The quantitative estimate of drug-likeness (QED) is 0.782. The lowest BCUT2D eigenvalue weighted by Gasteiger charge is -2.27. The zero-order valence-corrected chi connectivity index (χ0v) is 12.2. The number of carboxylic acid groups (broad SMARTS) is 1. The second-order valence-electron chi connectivity index (χ2n) is 5.18. The SMILES string of the molecule is CCc1ccccc1CN(CCCC(=O)O)C(C)C. The molecule has 3 heteroatoms. The van der Waals surface area contributed by atoms with Crippen molar-refractivity contribution in [1.82, 2.24) is 4.90 Å². The van der Waals surface area contributed by atoms with Crippen LogP contribution in [0.4, 0.5) is 0 Å². The largest absolute Gasteiger partial charge is 0.481 e. The first-order valence-electron chi connectivity index (χ1n) is 7.07.